The second kappa shape index (κ2) is 5.73. The molecule has 5 nitrogen and oxygen atoms in total. The van der Waals surface area contributed by atoms with Crippen molar-refractivity contribution in [2.45, 2.75) is 26.7 Å². The maximum atomic E-state index is 13.6. The third kappa shape index (κ3) is 2.79. The highest BCUT2D eigenvalue weighted by molar-refractivity contribution is 6.06. The van der Waals surface area contributed by atoms with Gasteiger partial charge in [-0.05, 0) is 31.0 Å². The van der Waals surface area contributed by atoms with Gasteiger partial charge in [-0.2, -0.15) is 5.10 Å². The SMILES string of the molecule is CCCc1[nH]nc(C(=O)Nc2cc(C)ccc2F)c1N. The first-order valence-electron chi connectivity index (χ1n) is 6.43. The molecule has 2 rings (SSSR count). The van der Waals surface area contributed by atoms with Crippen LogP contribution in [0.4, 0.5) is 15.8 Å². The summed E-state index contributed by atoms with van der Waals surface area (Å²) in [4.78, 5) is 12.1. The summed E-state index contributed by atoms with van der Waals surface area (Å²) in [6, 6.07) is 4.50. The van der Waals surface area contributed by atoms with Crippen molar-refractivity contribution in [3.05, 3.63) is 41.0 Å². The number of benzene rings is 1. The number of carbonyl (C=O) groups is 1. The van der Waals surface area contributed by atoms with E-state index >= 15 is 0 Å². The lowest BCUT2D eigenvalue weighted by atomic mass is 10.2. The Morgan fingerprint density at radius 2 is 2.25 bits per heavy atom. The quantitative estimate of drug-likeness (QED) is 0.802. The van der Waals surface area contributed by atoms with Crippen LogP contribution in [0.2, 0.25) is 0 Å². The van der Waals surface area contributed by atoms with E-state index in [1.807, 2.05) is 13.8 Å². The number of aromatic amines is 1. The van der Waals surface area contributed by atoms with Gasteiger partial charge in [0, 0.05) is 0 Å². The minimum Gasteiger partial charge on any atom is -0.395 e. The van der Waals surface area contributed by atoms with Crippen LogP contribution in [-0.4, -0.2) is 16.1 Å². The number of amides is 1. The number of hydrogen-bond acceptors (Lipinski definition) is 3. The molecule has 1 aromatic heterocycles. The summed E-state index contributed by atoms with van der Waals surface area (Å²) >= 11 is 0. The first kappa shape index (κ1) is 14.0. The molecule has 0 spiro atoms. The number of H-pyrrole nitrogens is 1. The number of nitrogen functional groups attached to an aromatic ring is 1. The number of nitrogens with one attached hydrogen (secondary N) is 2. The molecule has 0 aliphatic heterocycles. The maximum absolute atomic E-state index is 13.6. The van der Waals surface area contributed by atoms with Crippen LogP contribution in [0.1, 0.15) is 35.1 Å². The molecule has 0 saturated heterocycles. The van der Waals surface area contributed by atoms with Crippen molar-refractivity contribution in [3.8, 4) is 0 Å². The van der Waals surface area contributed by atoms with Crippen LogP contribution in [0.5, 0.6) is 0 Å². The fraction of sp³-hybridized carbons (Fsp3) is 0.286. The fourth-order valence-electron chi connectivity index (χ4n) is 1.92. The largest absolute Gasteiger partial charge is 0.395 e. The van der Waals surface area contributed by atoms with Gasteiger partial charge in [0.1, 0.15) is 5.82 Å². The molecule has 1 aromatic carbocycles. The zero-order valence-electron chi connectivity index (χ0n) is 11.5. The second-order valence-corrected chi connectivity index (χ2v) is 4.65. The molecule has 0 unspecified atom stereocenters. The first-order chi connectivity index (χ1) is 9.52. The number of carbonyl (C=O) groups excluding carboxylic acids is 1. The van der Waals surface area contributed by atoms with Crippen LogP contribution < -0.4 is 11.1 Å². The van der Waals surface area contributed by atoms with Crippen molar-refractivity contribution < 1.29 is 9.18 Å². The third-order valence-electron chi connectivity index (χ3n) is 2.97. The molecule has 1 amide bonds. The van der Waals surface area contributed by atoms with Crippen LogP contribution in [0, 0.1) is 12.7 Å². The molecule has 0 fully saturated rings. The van der Waals surface area contributed by atoms with Gasteiger partial charge in [-0.1, -0.05) is 19.4 Å². The number of nitrogens with two attached hydrogens (primary N) is 1. The lowest BCUT2D eigenvalue weighted by molar-refractivity contribution is 0.102. The predicted molar refractivity (Wildman–Crippen MR) is 76.1 cm³/mol. The van der Waals surface area contributed by atoms with E-state index in [0.717, 1.165) is 17.7 Å². The van der Waals surface area contributed by atoms with E-state index in [4.69, 9.17) is 5.73 Å². The number of nitrogens with zero attached hydrogens (tertiary/aromatic N) is 1. The molecule has 4 N–H and O–H groups in total. The molecule has 20 heavy (non-hydrogen) atoms. The summed E-state index contributed by atoms with van der Waals surface area (Å²) in [5.41, 5.74) is 7.97. The number of aryl methyl sites for hydroxylation is 2. The topological polar surface area (TPSA) is 83.8 Å². The number of aromatic nitrogens is 2. The highest BCUT2D eigenvalue weighted by atomic mass is 19.1. The van der Waals surface area contributed by atoms with E-state index in [-0.39, 0.29) is 11.4 Å². The maximum Gasteiger partial charge on any atom is 0.278 e. The molecule has 0 aliphatic rings. The Bertz CT molecular complexity index is 636. The van der Waals surface area contributed by atoms with Crippen LogP contribution >= 0.6 is 0 Å². The molecule has 0 saturated carbocycles. The summed E-state index contributed by atoms with van der Waals surface area (Å²) in [5.74, 6) is -1.02. The monoisotopic (exact) mass is 276 g/mol. The normalized spacial score (nSPS) is 10.6. The minimum atomic E-state index is -0.523. The molecular formula is C14H17FN4O. The zero-order valence-corrected chi connectivity index (χ0v) is 11.5. The Kier molecular flexibility index (Phi) is 4.02. The number of rotatable bonds is 4. The fourth-order valence-corrected chi connectivity index (χ4v) is 1.92. The van der Waals surface area contributed by atoms with E-state index < -0.39 is 11.7 Å². The third-order valence-corrected chi connectivity index (χ3v) is 2.97. The molecular weight excluding hydrogens is 259 g/mol. The van der Waals surface area contributed by atoms with Gasteiger partial charge in [-0.25, -0.2) is 4.39 Å². The molecule has 1 heterocycles. The van der Waals surface area contributed by atoms with Crippen molar-refractivity contribution >= 4 is 17.3 Å². The van der Waals surface area contributed by atoms with Crippen LogP contribution in [-0.2, 0) is 6.42 Å². The molecule has 0 radical (unpaired) electrons. The zero-order chi connectivity index (χ0) is 14.7. The standard InChI is InChI=1S/C14H17FN4O/c1-3-4-10-12(16)13(19-18-10)14(20)17-11-7-8(2)5-6-9(11)15/h5-7H,3-4,16H2,1-2H3,(H,17,20)(H,18,19). The molecule has 0 aliphatic carbocycles. The van der Waals surface area contributed by atoms with Gasteiger partial charge in [0.05, 0.1) is 17.1 Å². The van der Waals surface area contributed by atoms with Crippen LogP contribution in [0.3, 0.4) is 0 Å². The Labute approximate surface area is 116 Å². The van der Waals surface area contributed by atoms with Gasteiger partial charge in [-0.3, -0.25) is 9.89 Å². The average Bonchev–Trinajstić information content (AvgIpc) is 2.76. The van der Waals surface area contributed by atoms with Gasteiger partial charge >= 0.3 is 0 Å². The first-order valence-corrected chi connectivity index (χ1v) is 6.43. The van der Waals surface area contributed by atoms with E-state index in [9.17, 15) is 9.18 Å². The summed E-state index contributed by atoms with van der Waals surface area (Å²) in [6.45, 7) is 3.82. The van der Waals surface area contributed by atoms with E-state index in [2.05, 4.69) is 15.5 Å². The predicted octanol–water partition coefficient (Wildman–Crippen LogP) is 2.64. The molecule has 6 heteroatoms. The van der Waals surface area contributed by atoms with Crippen molar-refractivity contribution in [2.24, 2.45) is 0 Å². The Balaban J connectivity index is 2.22. The van der Waals surface area contributed by atoms with Gasteiger partial charge in [-0.15, -0.1) is 0 Å². The van der Waals surface area contributed by atoms with Gasteiger partial charge in [0.15, 0.2) is 5.69 Å². The number of hydrogen-bond donors (Lipinski definition) is 3. The Morgan fingerprint density at radius 3 is 2.95 bits per heavy atom. The number of anilines is 2. The summed E-state index contributed by atoms with van der Waals surface area (Å²) in [6.07, 6.45) is 1.60. The lowest BCUT2D eigenvalue weighted by Gasteiger charge is -2.06. The smallest absolute Gasteiger partial charge is 0.278 e. The van der Waals surface area contributed by atoms with Gasteiger partial charge < -0.3 is 11.1 Å². The van der Waals surface area contributed by atoms with Crippen LogP contribution in [0.25, 0.3) is 0 Å². The minimum absolute atomic E-state index is 0.0920. The Morgan fingerprint density at radius 1 is 1.50 bits per heavy atom. The van der Waals surface area contributed by atoms with E-state index in [0.29, 0.717) is 12.1 Å². The average molecular weight is 276 g/mol. The summed E-state index contributed by atoms with van der Waals surface area (Å²) < 4.78 is 13.6. The van der Waals surface area contributed by atoms with Crippen LogP contribution in [0.15, 0.2) is 18.2 Å². The molecule has 106 valence electrons. The molecule has 0 atom stereocenters. The van der Waals surface area contributed by atoms with E-state index in [1.54, 1.807) is 12.1 Å². The van der Waals surface area contributed by atoms with Crippen molar-refractivity contribution in [1.82, 2.24) is 10.2 Å². The lowest BCUT2D eigenvalue weighted by Crippen LogP contribution is -2.15. The highest BCUT2D eigenvalue weighted by Gasteiger charge is 2.18. The molecule has 2 aromatic rings. The summed E-state index contributed by atoms with van der Waals surface area (Å²) in [7, 11) is 0. The van der Waals surface area contributed by atoms with Gasteiger partial charge in [0.25, 0.3) is 5.91 Å². The summed E-state index contributed by atoms with van der Waals surface area (Å²) in [5, 5.41) is 9.12. The molecule has 0 bridgehead atoms. The van der Waals surface area contributed by atoms with E-state index in [1.165, 1.54) is 6.07 Å². The number of halogens is 1. The van der Waals surface area contributed by atoms with Crippen molar-refractivity contribution in [2.75, 3.05) is 11.1 Å². The van der Waals surface area contributed by atoms with Crippen molar-refractivity contribution in [3.63, 3.8) is 0 Å². The second-order valence-electron chi connectivity index (χ2n) is 4.65. The van der Waals surface area contributed by atoms with Crippen molar-refractivity contribution in [1.29, 1.82) is 0 Å². The highest BCUT2D eigenvalue weighted by Crippen LogP contribution is 2.20. The van der Waals surface area contributed by atoms with Gasteiger partial charge in [0.2, 0.25) is 0 Å². The Hall–Kier alpha value is -2.37.